The van der Waals surface area contributed by atoms with Crippen molar-refractivity contribution in [1.82, 2.24) is 9.97 Å². The lowest BCUT2D eigenvalue weighted by Gasteiger charge is -2.32. The number of nitrogens with two attached hydrogens (primary N) is 2. The zero-order chi connectivity index (χ0) is 38.3. The van der Waals surface area contributed by atoms with E-state index in [1.807, 2.05) is 89.2 Å². The third-order valence-corrected chi connectivity index (χ3v) is 11.4. The first-order chi connectivity index (χ1) is 24.4. The minimum Gasteiger partial charge on any atom is -0.399 e. The van der Waals surface area contributed by atoms with Crippen molar-refractivity contribution in [3.63, 3.8) is 0 Å². The Hall–Kier alpha value is -5.00. The van der Waals surface area contributed by atoms with Crippen LogP contribution in [-0.4, -0.2) is 28.3 Å². The van der Waals surface area contributed by atoms with E-state index in [2.05, 4.69) is 78.7 Å². The van der Waals surface area contributed by atoms with Gasteiger partial charge in [0.1, 0.15) is 0 Å². The highest BCUT2D eigenvalue weighted by molar-refractivity contribution is 9.10. The zero-order valence-electron chi connectivity index (χ0n) is 31.6. The summed E-state index contributed by atoms with van der Waals surface area (Å²) in [6.45, 7) is 20.2. The number of anilines is 2. The second-order valence-corrected chi connectivity index (χ2v) is 15.3. The molecule has 7 rings (SSSR count). The third kappa shape index (κ3) is 7.20. The van der Waals surface area contributed by atoms with Crippen molar-refractivity contribution in [2.45, 2.75) is 80.4 Å². The van der Waals surface area contributed by atoms with E-state index in [0.29, 0.717) is 5.56 Å². The lowest BCUT2D eigenvalue weighted by atomic mass is 9.76. The number of fused-ring (bicyclic) bond motifs is 2. The molecule has 0 aliphatic carbocycles. The Labute approximate surface area is 315 Å². The predicted octanol–water partition coefficient (Wildman–Crippen LogP) is 9.51. The summed E-state index contributed by atoms with van der Waals surface area (Å²) >= 11 is 3.50. The van der Waals surface area contributed by atoms with Gasteiger partial charge in [-0.05, 0) is 155 Å². The lowest BCUT2D eigenvalue weighted by Crippen LogP contribution is -2.41. The third-order valence-electron chi connectivity index (χ3n) is 10.4. The van der Waals surface area contributed by atoms with Crippen LogP contribution in [0.4, 0.5) is 11.4 Å². The number of nitrogen functional groups attached to an aromatic ring is 2. The van der Waals surface area contributed by atoms with Gasteiger partial charge < -0.3 is 30.7 Å². The van der Waals surface area contributed by atoms with Crippen LogP contribution in [0.3, 0.4) is 0 Å². The van der Waals surface area contributed by atoms with E-state index in [1.165, 1.54) is 0 Å². The van der Waals surface area contributed by atoms with Crippen molar-refractivity contribution in [1.29, 1.82) is 10.5 Å². The van der Waals surface area contributed by atoms with E-state index in [-0.39, 0.29) is 18.3 Å². The molecular weight excluding hydrogens is 711 g/mol. The normalized spacial score (nSPS) is 14.3. The monoisotopic (exact) mass is 756 g/mol. The quantitative estimate of drug-likeness (QED) is 0.102. The van der Waals surface area contributed by atoms with Gasteiger partial charge in [0, 0.05) is 54.6 Å². The number of nitrogens with one attached hydrogen (secondary N) is 2. The molecule has 1 saturated heterocycles. The van der Waals surface area contributed by atoms with Gasteiger partial charge in [-0.15, -0.1) is 0 Å². The molecular formula is C42H46BBrN6O2. The molecule has 0 saturated carbocycles. The molecule has 52 heavy (non-hydrogen) atoms. The molecule has 0 bridgehead atoms. The fourth-order valence-electron chi connectivity index (χ4n) is 6.35. The standard InChI is InChI=1S/C18H17N3.C13H20BNO2.C11H9BrN2/c1-10-7-17-15(8-13(10)9-19)18(12(3)21-17)14-5-4-6-16(20)11(14)2;1-9-10(7-6-8-11(9)15)14-16-12(2,3)13(4,5)17-14;1-6-3-10-9(4-8(6)5-13)11(12)7(2)14-10/h4-8,21H,20H2,1-3H3;6-8H,15H2,1-5H3;3-4,14H,1-2H3. The zero-order valence-corrected chi connectivity index (χ0v) is 33.2. The summed E-state index contributed by atoms with van der Waals surface area (Å²) in [6, 6.07) is 24.2. The number of aryl methyl sites for hydroxylation is 4. The fraction of sp³-hybridized carbons (Fsp3) is 0.286. The first-order valence-electron chi connectivity index (χ1n) is 17.2. The molecule has 0 spiro atoms. The highest BCUT2D eigenvalue weighted by Gasteiger charge is 2.52. The van der Waals surface area contributed by atoms with Gasteiger partial charge in [0.05, 0.1) is 34.5 Å². The number of nitrogens with zero attached hydrogens (tertiary/aromatic N) is 2. The van der Waals surface area contributed by atoms with Crippen LogP contribution in [0.1, 0.15) is 72.5 Å². The number of hydrogen-bond acceptors (Lipinski definition) is 6. The SMILES string of the molecule is Cc1c(N)cccc1B1OC(C)(C)C(C)(C)O1.Cc1cc2[nH]c(C)c(-c3cccc(N)c3C)c2cc1C#N.Cc1cc2[nH]c(C)c(Br)c2cc1C#N. The van der Waals surface area contributed by atoms with Crippen LogP contribution in [0.2, 0.25) is 0 Å². The molecule has 1 aliphatic heterocycles. The molecule has 1 aliphatic rings. The Morgan fingerprint density at radius 2 is 1.15 bits per heavy atom. The summed E-state index contributed by atoms with van der Waals surface area (Å²) in [7, 11) is -0.330. The first-order valence-corrected chi connectivity index (χ1v) is 18.0. The van der Waals surface area contributed by atoms with Crippen LogP contribution in [0.15, 0.2) is 65.1 Å². The number of benzene rings is 4. The molecule has 2 aromatic heterocycles. The average molecular weight is 758 g/mol. The molecule has 3 heterocycles. The smallest absolute Gasteiger partial charge is 0.399 e. The number of rotatable bonds is 2. The van der Waals surface area contributed by atoms with Crippen molar-refractivity contribution in [2.75, 3.05) is 11.5 Å². The largest absolute Gasteiger partial charge is 0.495 e. The van der Waals surface area contributed by atoms with Crippen LogP contribution < -0.4 is 16.9 Å². The maximum atomic E-state index is 9.26. The predicted molar refractivity (Wildman–Crippen MR) is 219 cm³/mol. The molecule has 6 aromatic rings. The molecule has 0 radical (unpaired) electrons. The van der Waals surface area contributed by atoms with Crippen LogP contribution in [0, 0.1) is 64.2 Å². The molecule has 1 fully saturated rings. The van der Waals surface area contributed by atoms with Crippen molar-refractivity contribution < 1.29 is 9.31 Å². The van der Waals surface area contributed by atoms with Crippen LogP contribution in [0.5, 0.6) is 0 Å². The Bertz CT molecular complexity index is 2390. The summed E-state index contributed by atoms with van der Waals surface area (Å²) in [5, 5.41) is 20.3. The average Bonchev–Trinajstić information content (AvgIpc) is 3.63. The number of hydrogen-bond donors (Lipinski definition) is 4. The van der Waals surface area contributed by atoms with Crippen LogP contribution >= 0.6 is 15.9 Å². The van der Waals surface area contributed by atoms with E-state index in [4.69, 9.17) is 26.0 Å². The minimum absolute atomic E-state index is 0.311. The Morgan fingerprint density at radius 1 is 0.673 bits per heavy atom. The van der Waals surface area contributed by atoms with Crippen molar-refractivity contribution in [3.8, 4) is 23.3 Å². The number of aromatic amines is 2. The topological polar surface area (TPSA) is 150 Å². The molecule has 0 unspecified atom stereocenters. The summed E-state index contributed by atoms with van der Waals surface area (Å²) in [5.41, 5.74) is 26.0. The lowest BCUT2D eigenvalue weighted by molar-refractivity contribution is 0.00578. The molecule has 4 aromatic carbocycles. The fourth-order valence-corrected chi connectivity index (χ4v) is 6.77. The molecule has 266 valence electrons. The summed E-state index contributed by atoms with van der Waals surface area (Å²) in [6.07, 6.45) is 0. The van der Waals surface area contributed by atoms with E-state index < -0.39 is 0 Å². The number of nitriles is 2. The van der Waals surface area contributed by atoms with Gasteiger partial charge in [-0.25, -0.2) is 0 Å². The molecule has 0 atom stereocenters. The molecule has 6 N–H and O–H groups in total. The summed E-state index contributed by atoms with van der Waals surface area (Å²) in [5.74, 6) is 0. The highest BCUT2D eigenvalue weighted by Crippen LogP contribution is 2.38. The molecule has 10 heteroatoms. The second kappa shape index (κ2) is 14.6. The molecule has 0 amide bonds. The van der Waals surface area contributed by atoms with Gasteiger partial charge in [-0.3, -0.25) is 0 Å². The maximum Gasteiger partial charge on any atom is 0.495 e. The van der Waals surface area contributed by atoms with Crippen molar-refractivity contribution >= 4 is 61.7 Å². The van der Waals surface area contributed by atoms with Gasteiger partial charge in [0.15, 0.2) is 0 Å². The Kier molecular flexibility index (Phi) is 10.7. The first kappa shape index (κ1) is 38.2. The van der Waals surface area contributed by atoms with Crippen molar-refractivity contribution in [3.05, 3.63) is 110 Å². The van der Waals surface area contributed by atoms with Gasteiger partial charge >= 0.3 is 7.12 Å². The summed E-state index contributed by atoms with van der Waals surface area (Å²) in [4.78, 5) is 6.68. The Morgan fingerprint density at radius 3 is 1.71 bits per heavy atom. The number of aromatic nitrogens is 2. The van der Waals surface area contributed by atoms with E-state index in [9.17, 15) is 5.26 Å². The van der Waals surface area contributed by atoms with Gasteiger partial charge in [-0.1, -0.05) is 24.3 Å². The van der Waals surface area contributed by atoms with E-state index >= 15 is 0 Å². The Balaban J connectivity index is 0.000000154. The highest BCUT2D eigenvalue weighted by atomic mass is 79.9. The maximum absolute atomic E-state index is 9.26. The van der Waals surface area contributed by atoms with Crippen molar-refractivity contribution in [2.24, 2.45) is 0 Å². The number of halogens is 1. The second-order valence-electron chi connectivity index (χ2n) is 14.5. The van der Waals surface area contributed by atoms with Gasteiger partial charge in [0.2, 0.25) is 0 Å². The number of H-pyrrole nitrogens is 2. The van der Waals surface area contributed by atoms with Gasteiger partial charge in [0.25, 0.3) is 0 Å². The minimum atomic E-state index is -0.330. The summed E-state index contributed by atoms with van der Waals surface area (Å²) < 4.78 is 13.1. The van der Waals surface area contributed by atoms with Crippen LogP contribution in [-0.2, 0) is 9.31 Å². The molecule has 8 nitrogen and oxygen atoms in total. The van der Waals surface area contributed by atoms with E-state index in [1.54, 1.807) is 0 Å². The van der Waals surface area contributed by atoms with Crippen LogP contribution in [0.25, 0.3) is 32.9 Å². The van der Waals surface area contributed by atoms with E-state index in [0.717, 1.165) is 93.4 Å². The van der Waals surface area contributed by atoms with Gasteiger partial charge in [-0.2, -0.15) is 10.5 Å².